The van der Waals surface area contributed by atoms with Gasteiger partial charge in [0, 0.05) is 0 Å². The minimum Gasteiger partial charge on any atom is -0.494 e. The molecule has 0 aliphatic rings. The summed E-state index contributed by atoms with van der Waals surface area (Å²) in [7, 11) is 0. The van der Waals surface area contributed by atoms with Crippen molar-refractivity contribution in [2.24, 2.45) is 0 Å². The fraction of sp³-hybridized carbons (Fsp3) is 0.381. The minimum atomic E-state index is -0.389. The molecule has 4 aromatic rings. The highest BCUT2D eigenvalue weighted by Gasteiger charge is 2.15. The lowest BCUT2D eigenvalue weighted by atomic mass is 10.0. The van der Waals surface area contributed by atoms with Crippen molar-refractivity contribution in [3.63, 3.8) is 0 Å². The minimum absolute atomic E-state index is 0.277. The summed E-state index contributed by atoms with van der Waals surface area (Å²) in [6, 6.07) is 24.6. The van der Waals surface area contributed by atoms with E-state index in [1.54, 1.807) is 30.3 Å². The van der Waals surface area contributed by atoms with Gasteiger partial charge in [-0.3, -0.25) is 0 Å². The predicted molar refractivity (Wildman–Crippen MR) is 198 cm³/mol. The molecule has 0 saturated heterocycles. The number of hydrogen-bond donors (Lipinski definition) is 0. The zero-order valence-electron chi connectivity index (χ0n) is 28.6. The van der Waals surface area contributed by atoms with Gasteiger partial charge >= 0.3 is 11.9 Å². The Balaban J connectivity index is 1.22. The van der Waals surface area contributed by atoms with Gasteiger partial charge < -0.3 is 14.2 Å². The van der Waals surface area contributed by atoms with Crippen molar-refractivity contribution in [3.05, 3.63) is 107 Å². The summed E-state index contributed by atoms with van der Waals surface area (Å²) in [5.74, 6) is 0.598. The van der Waals surface area contributed by atoms with Crippen LogP contribution in [0.15, 0.2) is 96.9 Å². The third-order valence-electron chi connectivity index (χ3n) is 8.39. The number of thiophene rings is 1. The summed E-state index contributed by atoms with van der Waals surface area (Å²) < 4.78 is 17.2. The van der Waals surface area contributed by atoms with E-state index in [0.717, 1.165) is 66.7 Å². The van der Waals surface area contributed by atoms with Crippen LogP contribution in [-0.2, 0) is 4.74 Å². The molecular weight excluding hydrogens is 617 g/mol. The van der Waals surface area contributed by atoms with Crippen LogP contribution in [0.25, 0.3) is 22.3 Å². The molecule has 0 amide bonds. The predicted octanol–water partition coefficient (Wildman–Crippen LogP) is 12.1. The van der Waals surface area contributed by atoms with E-state index in [0.29, 0.717) is 16.2 Å². The molecule has 6 heteroatoms. The molecule has 1 heterocycles. The lowest BCUT2D eigenvalue weighted by molar-refractivity contribution is 0.0376. The van der Waals surface area contributed by atoms with Crippen LogP contribution < -0.4 is 9.47 Å². The fourth-order valence-electron chi connectivity index (χ4n) is 5.46. The first-order valence-electron chi connectivity index (χ1n) is 17.6. The number of esters is 2. The van der Waals surface area contributed by atoms with Crippen molar-refractivity contribution < 1.29 is 23.8 Å². The van der Waals surface area contributed by atoms with Gasteiger partial charge in [-0.05, 0) is 89.4 Å². The Bertz CT molecular complexity index is 1540. The van der Waals surface area contributed by atoms with Crippen molar-refractivity contribution in [1.29, 1.82) is 0 Å². The zero-order valence-corrected chi connectivity index (χ0v) is 29.4. The summed E-state index contributed by atoms with van der Waals surface area (Å²) in [6.45, 7) is 8.94. The van der Waals surface area contributed by atoms with Crippen LogP contribution in [0.2, 0.25) is 0 Å². The third-order valence-corrected chi connectivity index (χ3v) is 9.30. The second-order valence-electron chi connectivity index (χ2n) is 12.2. The van der Waals surface area contributed by atoms with E-state index in [1.165, 1.54) is 56.3 Å². The second kappa shape index (κ2) is 20.3. The molecule has 0 bridgehead atoms. The average molecular weight is 667 g/mol. The highest BCUT2D eigenvalue weighted by Crippen LogP contribution is 2.29. The fourth-order valence-corrected chi connectivity index (χ4v) is 6.25. The molecule has 0 N–H and O–H groups in total. The van der Waals surface area contributed by atoms with Gasteiger partial charge in [0.05, 0.1) is 12.2 Å². The summed E-state index contributed by atoms with van der Waals surface area (Å²) >= 11 is 1.37. The van der Waals surface area contributed by atoms with E-state index in [9.17, 15) is 9.59 Å². The molecule has 3 aromatic carbocycles. The van der Waals surface area contributed by atoms with Crippen LogP contribution in [-0.4, -0.2) is 24.6 Å². The van der Waals surface area contributed by atoms with E-state index >= 15 is 0 Å². The van der Waals surface area contributed by atoms with Gasteiger partial charge in [-0.25, -0.2) is 9.59 Å². The highest BCUT2D eigenvalue weighted by atomic mass is 32.1. The summed E-state index contributed by atoms with van der Waals surface area (Å²) in [5, 5.41) is 1.97. The van der Waals surface area contributed by atoms with Crippen LogP contribution >= 0.6 is 11.3 Å². The molecule has 0 spiro atoms. The zero-order chi connectivity index (χ0) is 34.0. The van der Waals surface area contributed by atoms with Crippen LogP contribution in [0.4, 0.5) is 0 Å². The van der Waals surface area contributed by atoms with Crippen LogP contribution in [0.5, 0.6) is 11.5 Å². The molecule has 0 saturated carbocycles. The van der Waals surface area contributed by atoms with E-state index in [4.69, 9.17) is 14.2 Å². The van der Waals surface area contributed by atoms with Crippen molar-refractivity contribution in [2.45, 2.75) is 97.0 Å². The molecule has 48 heavy (non-hydrogen) atoms. The lowest BCUT2D eigenvalue weighted by Crippen LogP contribution is -2.16. The Hall–Kier alpha value is -4.16. The lowest BCUT2D eigenvalue weighted by Gasteiger charge is -2.14. The second-order valence-corrected chi connectivity index (χ2v) is 13.1. The topological polar surface area (TPSA) is 61.8 Å². The first-order chi connectivity index (χ1) is 23.5. The molecule has 1 aromatic heterocycles. The number of hydrogen-bond acceptors (Lipinski definition) is 6. The van der Waals surface area contributed by atoms with E-state index in [1.807, 2.05) is 60.0 Å². The quantitative estimate of drug-likeness (QED) is 0.0383. The molecular formula is C42H50O5S. The molecule has 0 radical (unpaired) electrons. The summed E-state index contributed by atoms with van der Waals surface area (Å²) in [4.78, 5) is 26.1. The van der Waals surface area contributed by atoms with Crippen molar-refractivity contribution in [3.8, 4) is 33.8 Å². The molecule has 4 rings (SSSR count). The maximum Gasteiger partial charge on any atom is 0.353 e. The van der Waals surface area contributed by atoms with Crippen LogP contribution in [0.3, 0.4) is 0 Å². The van der Waals surface area contributed by atoms with Gasteiger partial charge in [-0.2, -0.15) is 0 Å². The maximum atomic E-state index is 12.9. The number of carbonyl (C=O) groups excluding carboxylic acids is 2. The maximum absolute atomic E-state index is 12.9. The SMILES string of the molecule is C=C[C@H](CCCCC)OC(=O)c1ccc(-c2ccc(OC(=O)c3cc(-c4ccc(OCCCCCCCCCC)cc4)cs3)cc2)cc1. The van der Waals surface area contributed by atoms with Gasteiger partial charge in [0.15, 0.2) is 0 Å². The number of carbonyl (C=O) groups is 2. The van der Waals surface area contributed by atoms with Gasteiger partial charge in [0.25, 0.3) is 0 Å². The Morgan fingerprint density at radius 2 is 1.21 bits per heavy atom. The van der Waals surface area contributed by atoms with Gasteiger partial charge in [0.1, 0.15) is 22.5 Å². The molecule has 0 unspecified atom stereocenters. The Morgan fingerprint density at radius 1 is 0.667 bits per heavy atom. The Morgan fingerprint density at radius 3 is 1.83 bits per heavy atom. The van der Waals surface area contributed by atoms with Crippen LogP contribution in [0.1, 0.15) is 111 Å². The number of rotatable bonds is 21. The first kappa shape index (κ1) is 36.7. The highest BCUT2D eigenvalue weighted by molar-refractivity contribution is 7.12. The molecule has 254 valence electrons. The first-order valence-corrected chi connectivity index (χ1v) is 18.5. The third kappa shape index (κ3) is 11.8. The van der Waals surface area contributed by atoms with E-state index < -0.39 is 0 Å². The number of unbranched alkanes of at least 4 members (excludes halogenated alkanes) is 9. The number of ether oxygens (including phenoxy) is 3. The van der Waals surface area contributed by atoms with Crippen molar-refractivity contribution in [1.82, 2.24) is 0 Å². The summed E-state index contributed by atoms with van der Waals surface area (Å²) in [5.41, 5.74) is 4.39. The molecule has 0 aliphatic carbocycles. The van der Waals surface area contributed by atoms with Crippen molar-refractivity contribution >= 4 is 23.3 Å². The Kier molecular flexibility index (Phi) is 15.5. The molecule has 5 nitrogen and oxygen atoms in total. The monoisotopic (exact) mass is 666 g/mol. The normalized spacial score (nSPS) is 11.5. The molecule has 0 fully saturated rings. The number of benzene rings is 3. The smallest absolute Gasteiger partial charge is 0.353 e. The van der Waals surface area contributed by atoms with E-state index in [2.05, 4.69) is 20.4 Å². The van der Waals surface area contributed by atoms with E-state index in [-0.39, 0.29) is 18.0 Å². The average Bonchev–Trinajstić information content (AvgIpc) is 3.62. The van der Waals surface area contributed by atoms with Gasteiger partial charge in [-0.15, -0.1) is 11.3 Å². The van der Waals surface area contributed by atoms with Gasteiger partial charge in [0.2, 0.25) is 0 Å². The Labute approximate surface area is 291 Å². The molecule has 0 aliphatic heterocycles. The van der Waals surface area contributed by atoms with Gasteiger partial charge in [-0.1, -0.05) is 121 Å². The standard InChI is InChI=1S/C42H50O5S/c1-4-7-9-10-11-12-13-15-29-45-38-25-21-34(22-26-38)36-30-40(48-31-36)42(44)47-39-27-23-33(24-28-39)32-17-19-35(20-18-32)41(43)46-37(6-3)16-14-8-5-2/h6,17-28,30-31,37H,3-5,7-16,29H2,1-2H3/t37-/m1/s1. The summed E-state index contributed by atoms with van der Waals surface area (Å²) in [6.07, 6.45) is 15.7. The molecule has 1 atom stereocenters. The largest absolute Gasteiger partial charge is 0.494 e. The van der Waals surface area contributed by atoms with Crippen LogP contribution in [0, 0.1) is 0 Å². The van der Waals surface area contributed by atoms with Crippen molar-refractivity contribution in [2.75, 3.05) is 6.61 Å².